The molecule has 20 heavy (non-hydrogen) atoms. The molecule has 7 heteroatoms. The number of carbonyl (C=O) groups is 1. The molecule has 0 fully saturated rings. The number of rotatable bonds is 5. The number of nitro groups is 1. The number of benzene rings is 1. The molecule has 0 saturated carbocycles. The number of nitrogens with zero attached hydrogens (tertiary/aromatic N) is 2. The van der Waals surface area contributed by atoms with Crippen molar-refractivity contribution in [2.24, 2.45) is 0 Å². The van der Waals surface area contributed by atoms with Crippen molar-refractivity contribution in [1.82, 2.24) is 15.5 Å². The third kappa shape index (κ3) is 3.77. The fourth-order valence-electron chi connectivity index (χ4n) is 1.54. The van der Waals surface area contributed by atoms with Crippen molar-refractivity contribution in [3.8, 4) is 0 Å². The van der Waals surface area contributed by atoms with Gasteiger partial charge in [0.05, 0.1) is 11.1 Å². The van der Waals surface area contributed by atoms with E-state index in [-0.39, 0.29) is 11.6 Å². The zero-order valence-corrected chi connectivity index (χ0v) is 10.4. The molecule has 7 nitrogen and oxygen atoms in total. The lowest BCUT2D eigenvalue weighted by Gasteiger charge is -1.98. The van der Waals surface area contributed by atoms with Gasteiger partial charge in [-0.05, 0) is 11.6 Å². The van der Waals surface area contributed by atoms with Crippen molar-refractivity contribution < 1.29 is 9.72 Å². The average Bonchev–Trinajstić information content (AvgIpc) is 2.96. The second-order valence-electron chi connectivity index (χ2n) is 4.01. The van der Waals surface area contributed by atoms with Crippen LogP contribution >= 0.6 is 0 Å². The monoisotopic (exact) mass is 272 g/mol. The number of carbonyl (C=O) groups excluding carboxylic acids is 1. The number of amides is 1. The number of hydrogen-bond donors (Lipinski definition) is 2. The largest absolute Gasteiger partial charge is 0.348 e. The standard InChI is InChI=1S/C13H12N4O3/c18-13(14-7-11-8-15-16-9-11)5-4-10-2-1-3-12(6-10)17(19)20/h1-6,8-9H,7H2,(H,14,18)(H,15,16)/b5-4+. The van der Waals surface area contributed by atoms with Crippen LogP contribution in [0.4, 0.5) is 5.69 Å². The second-order valence-corrected chi connectivity index (χ2v) is 4.01. The first kappa shape index (κ1) is 13.5. The van der Waals surface area contributed by atoms with Crippen molar-refractivity contribution >= 4 is 17.7 Å². The molecule has 0 aliphatic heterocycles. The van der Waals surface area contributed by atoms with E-state index in [9.17, 15) is 14.9 Å². The molecule has 0 radical (unpaired) electrons. The zero-order chi connectivity index (χ0) is 14.4. The fraction of sp³-hybridized carbons (Fsp3) is 0.0769. The second kappa shape index (κ2) is 6.28. The fourth-order valence-corrected chi connectivity index (χ4v) is 1.54. The lowest BCUT2D eigenvalue weighted by Crippen LogP contribution is -2.19. The van der Waals surface area contributed by atoms with Crippen molar-refractivity contribution in [1.29, 1.82) is 0 Å². The van der Waals surface area contributed by atoms with E-state index in [1.54, 1.807) is 24.5 Å². The van der Waals surface area contributed by atoms with Gasteiger partial charge in [-0.2, -0.15) is 5.10 Å². The van der Waals surface area contributed by atoms with Gasteiger partial charge < -0.3 is 5.32 Å². The van der Waals surface area contributed by atoms with Gasteiger partial charge in [-0.15, -0.1) is 0 Å². The average molecular weight is 272 g/mol. The van der Waals surface area contributed by atoms with Crippen LogP contribution in [-0.4, -0.2) is 21.0 Å². The molecule has 1 aromatic heterocycles. The summed E-state index contributed by atoms with van der Waals surface area (Å²) in [5.41, 5.74) is 1.45. The molecule has 1 amide bonds. The number of nitrogens with one attached hydrogen (secondary N) is 2. The van der Waals surface area contributed by atoms with Gasteiger partial charge in [-0.3, -0.25) is 20.0 Å². The van der Waals surface area contributed by atoms with E-state index in [0.717, 1.165) is 5.56 Å². The molecule has 0 bridgehead atoms. The molecule has 102 valence electrons. The van der Waals surface area contributed by atoms with Crippen LogP contribution in [0.1, 0.15) is 11.1 Å². The topological polar surface area (TPSA) is 101 Å². The molecule has 0 saturated heterocycles. The molecule has 0 atom stereocenters. The highest BCUT2D eigenvalue weighted by Crippen LogP contribution is 2.13. The van der Waals surface area contributed by atoms with E-state index in [4.69, 9.17) is 0 Å². The van der Waals surface area contributed by atoms with Gasteiger partial charge >= 0.3 is 0 Å². The Hall–Kier alpha value is -2.96. The molecule has 0 aliphatic carbocycles. The minimum atomic E-state index is -0.476. The molecule has 1 aromatic carbocycles. The number of non-ortho nitro benzene ring substituents is 1. The van der Waals surface area contributed by atoms with Crippen LogP contribution in [0.5, 0.6) is 0 Å². The van der Waals surface area contributed by atoms with Crippen LogP contribution in [0.15, 0.2) is 42.7 Å². The molecule has 0 unspecified atom stereocenters. The van der Waals surface area contributed by atoms with Crippen LogP contribution in [-0.2, 0) is 11.3 Å². The quantitative estimate of drug-likeness (QED) is 0.491. The summed E-state index contributed by atoms with van der Waals surface area (Å²) in [6.07, 6.45) is 6.16. The summed E-state index contributed by atoms with van der Waals surface area (Å²) in [6, 6.07) is 6.06. The van der Waals surface area contributed by atoms with Gasteiger partial charge in [0.15, 0.2) is 0 Å². The number of aromatic nitrogens is 2. The highest BCUT2D eigenvalue weighted by Gasteiger charge is 2.04. The van der Waals surface area contributed by atoms with E-state index >= 15 is 0 Å². The Morgan fingerprint density at radius 2 is 2.35 bits per heavy atom. The first-order chi connectivity index (χ1) is 9.65. The van der Waals surface area contributed by atoms with Crippen molar-refractivity contribution in [3.63, 3.8) is 0 Å². The molecule has 0 spiro atoms. The van der Waals surface area contributed by atoms with E-state index < -0.39 is 4.92 Å². The maximum atomic E-state index is 11.6. The minimum Gasteiger partial charge on any atom is -0.348 e. The first-order valence-corrected chi connectivity index (χ1v) is 5.83. The normalized spacial score (nSPS) is 10.6. The number of hydrogen-bond acceptors (Lipinski definition) is 4. The smallest absolute Gasteiger partial charge is 0.270 e. The van der Waals surface area contributed by atoms with E-state index in [2.05, 4.69) is 15.5 Å². The molecular weight excluding hydrogens is 260 g/mol. The summed E-state index contributed by atoms with van der Waals surface area (Å²) in [4.78, 5) is 21.7. The Labute approximate surface area is 114 Å². The first-order valence-electron chi connectivity index (χ1n) is 5.83. The molecule has 0 aliphatic rings. The summed E-state index contributed by atoms with van der Waals surface area (Å²) in [5, 5.41) is 19.7. The van der Waals surface area contributed by atoms with Crippen LogP contribution in [0.3, 0.4) is 0 Å². The van der Waals surface area contributed by atoms with Gasteiger partial charge in [0, 0.05) is 36.5 Å². The summed E-state index contributed by atoms with van der Waals surface area (Å²) >= 11 is 0. The zero-order valence-electron chi connectivity index (χ0n) is 10.4. The minimum absolute atomic E-state index is 0.00837. The third-order valence-electron chi connectivity index (χ3n) is 2.53. The van der Waals surface area contributed by atoms with E-state index in [1.165, 1.54) is 24.3 Å². The molecule has 1 heterocycles. The SMILES string of the molecule is O=C(/C=C/c1cccc([N+](=O)[O-])c1)NCc1cn[nH]c1. The van der Waals surface area contributed by atoms with Crippen molar-refractivity contribution in [2.75, 3.05) is 0 Å². The van der Waals surface area contributed by atoms with E-state index in [0.29, 0.717) is 12.1 Å². The Bertz CT molecular complexity index is 635. The lowest BCUT2D eigenvalue weighted by atomic mass is 10.2. The Kier molecular flexibility index (Phi) is 4.23. The van der Waals surface area contributed by atoms with Gasteiger partial charge in [0.1, 0.15) is 0 Å². The highest BCUT2D eigenvalue weighted by molar-refractivity contribution is 5.91. The Balaban J connectivity index is 1.93. The van der Waals surface area contributed by atoms with Crippen LogP contribution in [0, 0.1) is 10.1 Å². The number of H-pyrrole nitrogens is 1. The van der Waals surface area contributed by atoms with E-state index in [1.807, 2.05) is 0 Å². The van der Waals surface area contributed by atoms with Crippen molar-refractivity contribution in [3.05, 3.63) is 64.0 Å². The molecule has 2 rings (SSSR count). The van der Waals surface area contributed by atoms with Gasteiger partial charge in [0.25, 0.3) is 5.69 Å². The third-order valence-corrected chi connectivity index (χ3v) is 2.53. The maximum Gasteiger partial charge on any atom is 0.270 e. The Morgan fingerprint density at radius 1 is 1.50 bits per heavy atom. The van der Waals surface area contributed by atoms with Crippen LogP contribution in [0.25, 0.3) is 6.08 Å². The van der Waals surface area contributed by atoms with Gasteiger partial charge in [-0.25, -0.2) is 0 Å². The summed E-state index contributed by atoms with van der Waals surface area (Å²) in [7, 11) is 0. The molecule has 2 N–H and O–H groups in total. The van der Waals surface area contributed by atoms with Crippen molar-refractivity contribution in [2.45, 2.75) is 6.54 Å². The molecular formula is C13H12N4O3. The van der Waals surface area contributed by atoms with Crippen LogP contribution in [0.2, 0.25) is 0 Å². The van der Waals surface area contributed by atoms with Gasteiger partial charge in [-0.1, -0.05) is 12.1 Å². The van der Waals surface area contributed by atoms with Gasteiger partial charge in [0.2, 0.25) is 5.91 Å². The summed E-state index contributed by atoms with van der Waals surface area (Å²) in [5.74, 6) is -0.280. The number of nitro benzene ring substituents is 1. The Morgan fingerprint density at radius 3 is 3.05 bits per heavy atom. The number of aromatic amines is 1. The lowest BCUT2D eigenvalue weighted by molar-refractivity contribution is -0.384. The summed E-state index contributed by atoms with van der Waals surface area (Å²) in [6.45, 7) is 0.370. The highest BCUT2D eigenvalue weighted by atomic mass is 16.6. The predicted molar refractivity (Wildman–Crippen MR) is 72.6 cm³/mol. The maximum absolute atomic E-state index is 11.6. The summed E-state index contributed by atoms with van der Waals surface area (Å²) < 4.78 is 0. The predicted octanol–water partition coefficient (Wildman–Crippen LogP) is 1.65. The van der Waals surface area contributed by atoms with Crippen LogP contribution < -0.4 is 5.32 Å². The molecule has 2 aromatic rings.